The van der Waals surface area contributed by atoms with E-state index in [0.717, 1.165) is 9.78 Å². The molecule has 0 spiro atoms. The van der Waals surface area contributed by atoms with E-state index < -0.39 is 19.0 Å². The van der Waals surface area contributed by atoms with Crippen LogP contribution in [0.25, 0.3) is 0 Å². The van der Waals surface area contributed by atoms with E-state index in [1.165, 1.54) is 11.3 Å². The van der Waals surface area contributed by atoms with Crippen molar-refractivity contribution in [2.75, 3.05) is 25.0 Å². The number of alkyl halides is 2. The van der Waals surface area contributed by atoms with Gasteiger partial charge in [-0.25, -0.2) is 18.6 Å². The standard InChI is InChI=1S/C11H17F2N3O2S/c1-7(2)8-5-14-10(19-8)15-11(18)16(3-4-17)6-9(12)13/h5,7,9,17H,3-4,6H2,1-2H3,(H,14,15,18). The number of nitrogens with zero attached hydrogens (tertiary/aromatic N) is 2. The molecule has 1 rings (SSSR count). The van der Waals surface area contributed by atoms with Crippen molar-refractivity contribution >= 4 is 22.5 Å². The van der Waals surface area contributed by atoms with Crippen molar-refractivity contribution in [3.63, 3.8) is 0 Å². The van der Waals surface area contributed by atoms with Gasteiger partial charge < -0.3 is 10.0 Å². The van der Waals surface area contributed by atoms with Crippen molar-refractivity contribution < 1.29 is 18.7 Å². The largest absolute Gasteiger partial charge is 0.395 e. The number of aromatic nitrogens is 1. The molecule has 0 fully saturated rings. The summed E-state index contributed by atoms with van der Waals surface area (Å²) in [5.41, 5.74) is 0. The summed E-state index contributed by atoms with van der Waals surface area (Å²) < 4.78 is 24.6. The first kappa shape index (κ1) is 15.8. The Morgan fingerprint density at radius 1 is 1.58 bits per heavy atom. The molecule has 5 nitrogen and oxygen atoms in total. The Morgan fingerprint density at radius 2 is 2.26 bits per heavy atom. The maximum Gasteiger partial charge on any atom is 0.323 e. The zero-order chi connectivity index (χ0) is 14.4. The van der Waals surface area contributed by atoms with Crippen molar-refractivity contribution in [1.82, 2.24) is 9.88 Å². The molecule has 19 heavy (non-hydrogen) atoms. The summed E-state index contributed by atoms with van der Waals surface area (Å²) in [5.74, 6) is 0.290. The number of nitrogens with one attached hydrogen (secondary N) is 1. The third-order valence-electron chi connectivity index (χ3n) is 2.32. The van der Waals surface area contributed by atoms with E-state index in [0.29, 0.717) is 5.13 Å². The van der Waals surface area contributed by atoms with Crippen LogP contribution in [0, 0.1) is 0 Å². The van der Waals surface area contributed by atoms with E-state index in [4.69, 9.17) is 5.11 Å². The number of hydrogen-bond acceptors (Lipinski definition) is 4. The molecule has 1 aromatic heterocycles. The van der Waals surface area contributed by atoms with Gasteiger partial charge in [-0.3, -0.25) is 5.32 Å². The first-order valence-corrected chi connectivity index (χ1v) is 6.66. The van der Waals surface area contributed by atoms with Crippen LogP contribution in [0.4, 0.5) is 18.7 Å². The van der Waals surface area contributed by atoms with Crippen molar-refractivity contribution in [3.05, 3.63) is 11.1 Å². The van der Waals surface area contributed by atoms with Gasteiger partial charge >= 0.3 is 6.03 Å². The van der Waals surface area contributed by atoms with Crippen LogP contribution in [0.3, 0.4) is 0 Å². The fourth-order valence-corrected chi connectivity index (χ4v) is 2.15. The monoisotopic (exact) mass is 293 g/mol. The fourth-order valence-electron chi connectivity index (χ4n) is 1.34. The lowest BCUT2D eigenvalue weighted by molar-refractivity contribution is 0.0943. The average molecular weight is 293 g/mol. The Labute approximate surface area is 114 Å². The maximum absolute atomic E-state index is 12.3. The lowest BCUT2D eigenvalue weighted by Crippen LogP contribution is -2.40. The van der Waals surface area contributed by atoms with Crippen LogP contribution in [0.15, 0.2) is 6.20 Å². The highest BCUT2D eigenvalue weighted by molar-refractivity contribution is 7.15. The van der Waals surface area contributed by atoms with Crippen LogP contribution in [-0.4, -0.2) is 47.1 Å². The van der Waals surface area contributed by atoms with Gasteiger partial charge in [-0.15, -0.1) is 11.3 Å². The number of halogens is 2. The molecule has 108 valence electrons. The molecule has 0 bridgehead atoms. The molecule has 8 heteroatoms. The first-order valence-electron chi connectivity index (χ1n) is 5.84. The molecule has 1 heterocycles. The van der Waals surface area contributed by atoms with Crippen LogP contribution in [0.5, 0.6) is 0 Å². The van der Waals surface area contributed by atoms with Gasteiger partial charge in [0.15, 0.2) is 5.13 Å². The summed E-state index contributed by atoms with van der Waals surface area (Å²) in [6.45, 7) is 2.77. The van der Waals surface area contributed by atoms with Gasteiger partial charge in [0, 0.05) is 17.6 Å². The van der Waals surface area contributed by atoms with Gasteiger partial charge in [-0.2, -0.15) is 0 Å². The fraction of sp³-hybridized carbons (Fsp3) is 0.636. The van der Waals surface area contributed by atoms with Gasteiger partial charge in [0.1, 0.15) is 0 Å². The number of thiazole rings is 1. The van der Waals surface area contributed by atoms with E-state index >= 15 is 0 Å². The van der Waals surface area contributed by atoms with E-state index in [2.05, 4.69) is 10.3 Å². The van der Waals surface area contributed by atoms with Crippen LogP contribution in [0.1, 0.15) is 24.6 Å². The van der Waals surface area contributed by atoms with E-state index in [9.17, 15) is 13.6 Å². The Balaban J connectivity index is 2.64. The predicted molar refractivity (Wildman–Crippen MR) is 69.9 cm³/mol. The number of carbonyl (C=O) groups excluding carboxylic acids is 1. The normalized spacial score (nSPS) is 11.1. The summed E-state index contributed by atoms with van der Waals surface area (Å²) in [5, 5.41) is 11.6. The molecule has 0 saturated carbocycles. The van der Waals surface area contributed by atoms with Crippen molar-refractivity contribution in [3.8, 4) is 0 Å². The summed E-state index contributed by atoms with van der Waals surface area (Å²) in [4.78, 5) is 17.6. The molecule has 0 unspecified atom stereocenters. The minimum Gasteiger partial charge on any atom is -0.395 e. The summed E-state index contributed by atoms with van der Waals surface area (Å²) in [7, 11) is 0. The van der Waals surface area contributed by atoms with Crippen LogP contribution < -0.4 is 5.32 Å². The lowest BCUT2D eigenvalue weighted by atomic mass is 10.2. The molecular formula is C11H17F2N3O2S. The number of urea groups is 1. The smallest absolute Gasteiger partial charge is 0.323 e. The number of aliphatic hydroxyl groups is 1. The number of carbonyl (C=O) groups is 1. The number of rotatable bonds is 6. The van der Waals surface area contributed by atoms with Gasteiger partial charge in [0.05, 0.1) is 13.2 Å². The molecule has 0 saturated heterocycles. The molecule has 0 radical (unpaired) electrons. The molecule has 1 aromatic rings. The van der Waals surface area contributed by atoms with Gasteiger partial charge in [-0.1, -0.05) is 13.8 Å². The molecule has 0 atom stereocenters. The summed E-state index contributed by atoms with van der Waals surface area (Å²) >= 11 is 1.30. The lowest BCUT2D eigenvalue weighted by Gasteiger charge is -2.20. The summed E-state index contributed by atoms with van der Waals surface area (Å²) in [6, 6.07) is -0.681. The van der Waals surface area contributed by atoms with Crippen molar-refractivity contribution in [1.29, 1.82) is 0 Å². The molecular weight excluding hydrogens is 276 g/mol. The number of anilines is 1. The zero-order valence-corrected chi connectivity index (χ0v) is 11.6. The number of aliphatic hydroxyl groups excluding tert-OH is 1. The van der Waals surface area contributed by atoms with Crippen LogP contribution in [-0.2, 0) is 0 Å². The molecule has 0 aromatic carbocycles. The third kappa shape index (κ3) is 5.07. The SMILES string of the molecule is CC(C)c1cnc(NC(=O)N(CCO)CC(F)F)s1. The second-order valence-corrected chi connectivity index (χ2v) is 5.28. The second kappa shape index (κ2) is 7.34. The number of amides is 2. The highest BCUT2D eigenvalue weighted by Crippen LogP contribution is 2.25. The molecule has 0 aliphatic carbocycles. The highest BCUT2D eigenvalue weighted by atomic mass is 32.1. The maximum atomic E-state index is 12.3. The minimum atomic E-state index is -2.64. The third-order valence-corrected chi connectivity index (χ3v) is 3.54. The molecule has 2 amide bonds. The Morgan fingerprint density at radius 3 is 2.74 bits per heavy atom. The van der Waals surface area contributed by atoms with Gasteiger partial charge in [0.25, 0.3) is 6.43 Å². The second-order valence-electron chi connectivity index (χ2n) is 4.21. The van der Waals surface area contributed by atoms with Gasteiger partial charge in [-0.05, 0) is 5.92 Å². The van der Waals surface area contributed by atoms with Crippen molar-refractivity contribution in [2.24, 2.45) is 0 Å². The Kier molecular flexibility index (Phi) is 6.10. The topological polar surface area (TPSA) is 65.5 Å². The van der Waals surface area contributed by atoms with Gasteiger partial charge in [0.2, 0.25) is 0 Å². The predicted octanol–water partition coefficient (Wildman–Crippen LogP) is 2.36. The Hall–Kier alpha value is -1.28. The quantitative estimate of drug-likeness (QED) is 0.846. The van der Waals surface area contributed by atoms with E-state index in [1.54, 1.807) is 6.20 Å². The van der Waals surface area contributed by atoms with Crippen molar-refractivity contribution in [2.45, 2.75) is 26.2 Å². The Bertz CT molecular complexity index is 412. The summed E-state index contributed by atoms with van der Waals surface area (Å²) in [6.07, 6.45) is -0.992. The molecule has 0 aliphatic heterocycles. The van der Waals surface area contributed by atoms with E-state index in [-0.39, 0.29) is 19.1 Å². The van der Waals surface area contributed by atoms with Crippen LogP contribution in [0.2, 0.25) is 0 Å². The molecule has 2 N–H and O–H groups in total. The number of hydrogen-bond donors (Lipinski definition) is 2. The first-order chi connectivity index (χ1) is 8.93. The van der Waals surface area contributed by atoms with E-state index in [1.807, 2.05) is 13.8 Å². The minimum absolute atomic E-state index is 0.140. The highest BCUT2D eigenvalue weighted by Gasteiger charge is 2.19. The average Bonchev–Trinajstić information content (AvgIpc) is 2.76. The van der Waals surface area contributed by atoms with Crippen LogP contribution >= 0.6 is 11.3 Å². The molecule has 0 aliphatic rings. The zero-order valence-electron chi connectivity index (χ0n) is 10.8.